The van der Waals surface area contributed by atoms with Crippen molar-refractivity contribution in [1.29, 1.82) is 0 Å². The Labute approximate surface area is 77.5 Å². The molecule has 2 aliphatic rings. The zero-order valence-electron chi connectivity index (χ0n) is 8.00. The van der Waals surface area contributed by atoms with E-state index in [1.165, 1.54) is 0 Å². The molecule has 1 heterocycles. The van der Waals surface area contributed by atoms with E-state index in [0.29, 0.717) is 13.2 Å². The highest BCUT2D eigenvalue weighted by Crippen LogP contribution is 2.52. The van der Waals surface area contributed by atoms with Gasteiger partial charge in [-0.3, -0.25) is 9.63 Å². The number of hydrogen-bond donors (Lipinski definition) is 1. The smallest absolute Gasteiger partial charge is 0.309 e. The summed E-state index contributed by atoms with van der Waals surface area (Å²) in [5, 5.41) is 0. The standard InChI is InChI=1S/C9H15NO3/c1-9(2)3-7(9)8(11)13-6-4-10-12-5-6/h6-7,10H,3-5H2,1-2H3/t6-,7?/m0/s1. The third-order valence-electron chi connectivity index (χ3n) is 2.76. The lowest BCUT2D eigenvalue weighted by atomic mass is 10.1. The highest BCUT2D eigenvalue weighted by atomic mass is 16.7. The maximum atomic E-state index is 11.5. The highest BCUT2D eigenvalue weighted by Gasteiger charge is 2.52. The molecule has 2 rings (SSSR count). The fourth-order valence-corrected chi connectivity index (χ4v) is 1.55. The van der Waals surface area contributed by atoms with E-state index in [9.17, 15) is 4.79 Å². The minimum atomic E-state index is -0.0936. The summed E-state index contributed by atoms with van der Waals surface area (Å²) < 4.78 is 5.24. The molecule has 4 heteroatoms. The van der Waals surface area contributed by atoms with E-state index >= 15 is 0 Å². The maximum absolute atomic E-state index is 11.5. The molecule has 1 aliphatic heterocycles. The molecule has 2 atom stereocenters. The fraction of sp³-hybridized carbons (Fsp3) is 0.889. The Morgan fingerprint density at radius 1 is 1.62 bits per heavy atom. The number of rotatable bonds is 2. The molecule has 0 aromatic heterocycles. The molecular formula is C9H15NO3. The average molecular weight is 185 g/mol. The van der Waals surface area contributed by atoms with E-state index < -0.39 is 0 Å². The Morgan fingerprint density at radius 3 is 2.77 bits per heavy atom. The summed E-state index contributed by atoms with van der Waals surface area (Å²) in [6, 6.07) is 0. The molecular weight excluding hydrogens is 170 g/mol. The first kappa shape index (κ1) is 8.97. The van der Waals surface area contributed by atoms with E-state index in [-0.39, 0.29) is 23.4 Å². The van der Waals surface area contributed by atoms with Crippen molar-refractivity contribution in [3.8, 4) is 0 Å². The van der Waals surface area contributed by atoms with Gasteiger partial charge >= 0.3 is 5.97 Å². The Balaban J connectivity index is 1.79. The molecule has 1 aliphatic carbocycles. The lowest BCUT2D eigenvalue weighted by Gasteiger charge is -2.09. The molecule has 2 fully saturated rings. The first-order chi connectivity index (χ1) is 6.09. The van der Waals surface area contributed by atoms with Gasteiger partial charge in [0.05, 0.1) is 12.5 Å². The first-order valence-corrected chi connectivity index (χ1v) is 4.65. The SMILES string of the molecule is CC1(C)CC1C(=O)O[C@H]1CNOC1. The number of nitrogens with one attached hydrogen (secondary N) is 1. The van der Waals surface area contributed by atoms with E-state index in [1.807, 2.05) is 0 Å². The second kappa shape index (κ2) is 2.96. The zero-order chi connectivity index (χ0) is 9.47. The first-order valence-electron chi connectivity index (χ1n) is 4.65. The maximum Gasteiger partial charge on any atom is 0.309 e. The van der Waals surface area contributed by atoms with Crippen LogP contribution in [0, 0.1) is 11.3 Å². The predicted octanol–water partition coefficient (Wildman–Crippen LogP) is 0.479. The third-order valence-corrected chi connectivity index (χ3v) is 2.76. The summed E-state index contributed by atoms with van der Waals surface area (Å²) in [5.41, 5.74) is 2.84. The molecule has 74 valence electrons. The quantitative estimate of drug-likeness (QED) is 0.636. The van der Waals surface area contributed by atoms with Gasteiger partial charge in [0.25, 0.3) is 0 Å². The minimum absolute atomic E-state index is 0.0673. The molecule has 1 unspecified atom stereocenters. The third kappa shape index (κ3) is 1.84. The Hall–Kier alpha value is -0.610. The molecule has 1 saturated carbocycles. The summed E-state index contributed by atoms with van der Waals surface area (Å²) in [5.74, 6) is 0.0374. The van der Waals surface area contributed by atoms with Crippen LogP contribution < -0.4 is 5.48 Å². The van der Waals surface area contributed by atoms with Gasteiger partial charge in [-0.1, -0.05) is 13.8 Å². The predicted molar refractivity (Wildman–Crippen MR) is 45.7 cm³/mol. The molecule has 0 aromatic carbocycles. The molecule has 1 N–H and O–H groups in total. The molecule has 0 bridgehead atoms. The second-order valence-corrected chi connectivity index (χ2v) is 4.46. The van der Waals surface area contributed by atoms with Crippen molar-refractivity contribution in [3.63, 3.8) is 0 Å². The molecule has 0 amide bonds. The van der Waals surface area contributed by atoms with Crippen LogP contribution in [-0.2, 0) is 14.4 Å². The van der Waals surface area contributed by atoms with E-state index in [1.54, 1.807) is 0 Å². The van der Waals surface area contributed by atoms with Gasteiger partial charge in [-0.2, -0.15) is 5.48 Å². The van der Waals surface area contributed by atoms with Gasteiger partial charge in [0, 0.05) is 0 Å². The van der Waals surface area contributed by atoms with Gasteiger partial charge in [-0.15, -0.1) is 0 Å². The van der Waals surface area contributed by atoms with Crippen molar-refractivity contribution >= 4 is 5.97 Å². The van der Waals surface area contributed by atoms with E-state index in [0.717, 1.165) is 6.42 Å². The number of carbonyl (C=O) groups excluding carboxylic acids is 1. The molecule has 13 heavy (non-hydrogen) atoms. The summed E-state index contributed by atoms with van der Waals surface area (Å²) >= 11 is 0. The van der Waals surface area contributed by atoms with Crippen molar-refractivity contribution in [3.05, 3.63) is 0 Å². The normalized spacial score (nSPS) is 35.8. The molecule has 0 spiro atoms. The van der Waals surface area contributed by atoms with Gasteiger partial charge < -0.3 is 4.74 Å². The van der Waals surface area contributed by atoms with Crippen LogP contribution in [0.2, 0.25) is 0 Å². The van der Waals surface area contributed by atoms with Crippen molar-refractivity contribution < 1.29 is 14.4 Å². The van der Waals surface area contributed by atoms with Crippen LogP contribution in [0.25, 0.3) is 0 Å². The van der Waals surface area contributed by atoms with Gasteiger partial charge in [-0.25, -0.2) is 0 Å². The minimum Gasteiger partial charge on any atom is -0.458 e. The lowest BCUT2D eigenvalue weighted by molar-refractivity contribution is -0.150. The Morgan fingerprint density at radius 2 is 2.31 bits per heavy atom. The van der Waals surface area contributed by atoms with E-state index in [4.69, 9.17) is 9.57 Å². The largest absolute Gasteiger partial charge is 0.458 e. The monoisotopic (exact) mass is 185 g/mol. The van der Waals surface area contributed by atoms with Crippen LogP contribution in [0.3, 0.4) is 0 Å². The second-order valence-electron chi connectivity index (χ2n) is 4.46. The van der Waals surface area contributed by atoms with Crippen molar-refractivity contribution in [2.75, 3.05) is 13.2 Å². The number of hydrogen-bond acceptors (Lipinski definition) is 4. The van der Waals surface area contributed by atoms with Crippen LogP contribution >= 0.6 is 0 Å². The van der Waals surface area contributed by atoms with Gasteiger partial charge in [0.1, 0.15) is 12.7 Å². The van der Waals surface area contributed by atoms with Gasteiger partial charge in [0.2, 0.25) is 0 Å². The zero-order valence-corrected chi connectivity index (χ0v) is 8.00. The van der Waals surface area contributed by atoms with Crippen LogP contribution in [0.1, 0.15) is 20.3 Å². The summed E-state index contributed by atoms with van der Waals surface area (Å²) in [6.07, 6.45) is 0.858. The number of esters is 1. The van der Waals surface area contributed by atoms with Crippen LogP contribution in [0.5, 0.6) is 0 Å². The summed E-state index contributed by atoms with van der Waals surface area (Å²) in [6.45, 7) is 5.25. The molecule has 4 nitrogen and oxygen atoms in total. The molecule has 0 radical (unpaired) electrons. The Kier molecular flexibility index (Phi) is 2.04. The summed E-state index contributed by atoms with van der Waals surface area (Å²) in [7, 11) is 0. The molecule has 0 aromatic rings. The van der Waals surface area contributed by atoms with Gasteiger partial charge in [0.15, 0.2) is 0 Å². The van der Waals surface area contributed by atoms with Crippen molar-refractivity contribution in [2.24, 2.45) is 11.3 Å². The number of carbonyl (C=O) groups is 1. The van der Waals surface area contributed by atoms with Crippen molar-refractivity contribution in [2.45, 2.75) is 26.4 Å². The number of hydroxylamine groups is 1. The van der Waals surface area contributed by atoms with E-state index in [2.05, 4.69) is 19.3 Å². The van der Waals surface area contributed by atoms with Crippen LogP contribution in [0.15, 0.2) is 0 Å². The van der Waals surface area contributed by atoms with Crippen LogP contribution in [-0.4, -0.2) is 25.2 Å². The average Bonchev–Trinajstić information content (AvgIpc) is 2.49. The Bertz CT molecular complexity index is 221. The van der Waals surface area contributed by atoms with Gasteiger partial charge in [-0.05, 0) is 11.8 Å². The van der Waals surface area contributed by atoms with Crippen LogP contribution in [0.4, 0.5) is 0 Å². The highest BCUT2D eigenvalue weighted by molar-refractivity contribution is 5.76. The number of ether oxygens (including phenoxy) is 1. The fourth-order valence-electron chi connectivity index (χ4n) is 1.55. The molecule has 1 saturated heterocycles. The summed E-state index contributed by atoms with van der Waals surface area (Å²) in [4.78, 5) is 16.4. The lowest BCUT2D eigenvalue weighted by Crippen LogP contribution is -2.24. The topological polar surface area (TPSA) is 47.6 Å². The van der Waals surface area contributed by atoms with Crippen molar-refractivity contribution in [1.82, 2.24) is 5.48 Å².